The molecule has 1 aliphatic carbocycles. The SMILES string of the molecule is CN(Cc1ccc(OCC(=O)O)cc1)C(=O)CC1CC(c2ccccc2)C1. The van der Waals surface area contributed by atoms with Crippen LogP contribution in [0.25, 0.3) is 0 Å². The molecule has 1 amide bonds. The summed E-state index contributed by atoms with van der Waals surface area (Å²) in [4.78, 5) is 24.7. The lowest BCUT2D eigenvalue weighted by molar-refractivity contribution is -0.139. The standard InChI is InChI=1S/C22H25NO4/c1-23(14-16-7-9-20(10-8-16)27-15-22(25)26)21(24)13-17-11-19(12-17)18-5-3-2-4-6-18/h2-10,17,19H,11-15H2,1H3,(H,25,26). The third kappa shape index (κ3) is 5.33. The lowest BCUT2D eigenvalue weighted by Gasteiger charge is -2.36. The third-order valence-electron chi connectivity index (χ3n) is 5.10. The lowest BCUT2D eigenvalue weighted by Crippen LogP contribution is -2.32. The number of hydrogen-bond acceptors (Lipinski definition) is 3. The number of aliphatic carboxylic acids is 1. The molecule has 1 fully saturated rings. The Bertz CT molecular complexity index is 767. The van der Waals surface area contributed by atoms with Crippen molar-refractivity contribution in [2.45, 2.75) is 31.7 Å². The molecule has 0 aromatic heterocycles. The van der Waals surface area contributed by atoms with Crippen molar-refractivity contribution in [1.29, 1.82) is 0 Å². The summed E-state index contributed by atoms with van der Waals surface area (Å²) in [6, 6.07) is 17.7. The van der Waals surface area contributed by atoms with E-state index in [-0.39, 0.29) is 12.5 Å². The van der Waals surface area contributed by atoms with Gasteiger partial charge in [0.1, 0.15) is 5.75 Å². The molecule has 1 aliphatic rings. The molecule has 2 aromatic rings. The number of nitrogens with zero attached hydrogens (tertiary/aromatic N) is 1. The van der Waals surface area contributed by atoms with Crippen LogP contribution in [0.4, 0.5) is 0 Å². The second-order valence-corrected chi connectivity index (χ2v) is 7.23. The zero-order chi connectivity index (χ0) is 19.2. The molecule has 0 atom stereocenters. The van der Waals surface area contributed by atoms with Crippen molar-refractivity contribution in [2.24, 2.45) is 5.92 Å². The van der Waals surface area contributed by atoms with Gasteiger partial charge < -0.3 is 14.7 Å². The summed E-state index contributed by atoms with van der Waals surface area (Å²) >= 11 is 0. The Hall–Kier alpha value is -2.82. The fraction of sp³-hybridized carbons (Fsp3) is 0.364. The Kier molecular flexibility index (Phi) is 6.12. The maximum Gasteiger partial charge on any atom is 0.341 e. The van der Waals surface area contributed by atoms with Crippen molar-refractivity contribution in [3.63, 3.8) is 0 Å². The van der Waals surface area contributed by atoms with Crippen LogP contribution in [0.3, 0.4) is 0 Å². The summed E-state index contributed by atoms with van der Waals surface area (Å²) in [6.45, 7) is 0.177. The number of carbonyl (C=O) groups is 2. The lowest BCUT2D eigenvalue weighted by atomic mass is 9.70. The van der Waals surface area contributed by atoms with Crippen molar-refractivity contribution in [2.75, 3.05) is 13.7 Å². The minimum atomic E-state index is -1.00. The molecule has 0 unspecified atom stereocenters. The van der Waals surface area contributed by atoms with Crippen molar-refractivity contribution in [3.05, 3.63) is 65.7 Å². The van der Waals surface area contributed by atoms with E-state index in [1.165, 1.54) is 5.56 Å². The molecular formula is C22H25NO4. The molecule has 0 saturated heterocycles. The molecule has 1 N–H and O–H groups in total. The monoisotopic (exact) mass is 367 g/mol. The van der Waals surface area contributed by atoms with E-state index in [9.17, 15) is 9.59 Å². The molecule has 1 saturated carbocycles. The molecule has 0 spiro atoms. The van der Waals surface area contributed by atoms with Crippen LogP contribution in [-0.2, 0) is 16.1 Å². The molecule has 0 bridgehead atoms. The van der Waals surface area contributed by atoms with Crippen LogP contribution in [0.1, 0.15) is 36.3 Å². The number of carboxylic acids is 1. The largest absolute Gasteiger partial charge is 0.482 e. The van der Waals surface area contributed by atoms with E-state index >= 15 is 0 Å². The van der Waals surface area contributed by atoms with Crippen LogP contribution in [0.5, 0.6) is 5.75 Å². The summed E-state index contributed by atoms with van der Waals surface area (Å²) < 4.78 is 5.12. The fourth-order valence-electron chi connectivity index (χ4n) is 3.50. The highest BCUT2D eigenvalue weighted by Gasteiger charge is 2.32. The highest BCUT2D eigenvalue weighted by molar-refractivity contribution is 5.76. The van der Waals surface area contributed by atoms with Crippen molar-refractivity contribution in [3.8, 4) is 5.75 Å². The molecule has 142 valence electrons. The number of carboxylic acid groups (broad SMARTS) is 1. The maximum absolute atomic E-state index is 12.5. The van der Waals surface area contributed by atoms with Gasteiger partial charge in [-0.05, 0) is 47.9 Å². The average Bonchev–Trinajstić information content (AvgIpc) is 2.64. The first-order chi connectivity index (χ1) is 13.0. The van der Waals surface area contributed by atoms with Gasteiger partial charge in [-0.15, -0.1) is 0 Å². The first kappa shape index (κ1) is 19.0. The highest BCUT2D eigenvalue weighted by Crippen LogP contribution is 2.43. The summed E-state index contributed by atoms with van der Waals surface area (Å²) in [5.74, 6) is 0.730. The zero-order valence-corrected chi connectivity index (χ0v) is 15.5. The van der Waals surface area contributed by atoms with Gasteiger partial charge in [0.15, 0.2) is 6.61 Å². The normalized spacial score (nSPS) is 18.4. The van der Waals surface area contributed by atoms with Gasteiger partial charge in [-0.25, -0.2) is 4.79 Å². The van der Waals surface area contributed by atoms with Crippen LogP contribution in [0.15, 0.2) is 54.6 Å². The van der Waals surface area contributed by atoms with Crippen LogP contribution >= 0.6 is 0 Å². The molecule has 0 aliphatic heterocycles. The van der Waals surface area contributed by atoms with Crippen LogP contribution in [0, 0.1) is 5.92 Å². The van der Waals surface area contributed by atoms with Gasteiger partial charge in [-0.2, -0.15) is 0 Å². The Morgan fingerprint density at radius 2 is 1.74 bits per heavy atom. The Morgan fingerprint density at radius 1 is 1.07 bits per heavy atom. The summed E-state index contributed by atoms with van der Waals surface area (Å²) in [7, 11) is 1.82. The number of carbonyl (C=O) groups excluding carboxylic acids is 1. The van der Waals surface area contributed by atoms with Gasteiger partial charge in [0.25, 0.3) is 0 Å². The van der Waals surface area contributed by atoms with Gasteiger partial charge in [0.2, 0.25) is 5.91 Å². The number of rotatable bonds is 8. The summed E-state index contributed by atoms with van der Waals surface area (Å²) in [5, 5.41) is 8.62. The first-order valence-corrected chi connectivity index (χ1v) is 9.23. The molecular weight excluding hydrogens is 342 g/mol. The molecule has 5 nitrogen and oxygen atoms in total. The Balaban J connectivity index is 1.42. The van der Waals surface area contributed by atoms with Crippen LogP contribution < -0.4 is 4.74 Å². The van der Waals surface area contributed by atoms with E-state index in [0.29, 0.717) is 30.6 Å². The smallest absolute Gasteiger partial charge is 0.341 e. The van der Waals surface area contributed by atoms with Crippen molar-refractivity contribution in [1.82, 2.24) is 4.90 Å². The number of benzene rings is 2. The average molecular weight is 367 g/mol. The molecule has 2 aromatic carbocycles. The summed E-state index contributed by atoms with van der Waals surface area (Å²) in [5.41, 5.74) is 2.36. The molecule has 27 heavy (non-hydrogen) atoms. The number of ether oxygens (including phenoxy) is 1. The maximum atomic E-state index is 12.5. The zero-order valence-electron chi connectivity index (χ0n) is 15.5. The molecule has 5 heteroatoms. The minimum absolute atomic E-state index is 0.165. The Labute approximate surface area is 159 Å². The topological polar surface area (TPSA) is 66.8 Å². The van der Waals surface area contributed by atoms with Crippen LogP contribution in [-0.4, -0.2) is 35.5 Å². The van der Waals surface area contributed by atoms with Gasteiger partial charge in [-0.3, -0.25) is 4.79 Å². The quantitative estimate of drug-likeness (QED) is 0.773. The Morgan fingerprint density at radius 3 is 2.37 bits per heavy atom. The van der Waals surface area contributed by atoms with E-state index in [1.807, 2.05) is 25.2 Å². The number of hydrogen-bond donors (Lipinski definition) is 1. The van der Waals surface area contributed by atoms with Crippen molar-refractivity contribution >= 4 is 11.9 Å². The summed E-state index contributed by atoms with van der Waals surface area (Å²) in [6.07, 6.45) is 2.76. The van der Waals surface area contributed by atoms with Gasteiger partial charge in [-0.1, -0.05) is 42.5 Å². The van der Waals surface area contributed by atoms with E-state index in [1.54, 1.807) is 17.0 Å². The van der Waals surface area contributed by atoms with Gasteiger partial charge >= 0.3 is 5.97 Å². The van der Waals surface area contributed by atoms with E-state index in [4.69, 9.17) is 9.84 Å². The predicted molar refractivity (Wildman–Crippen MR) is 103 cm³/mol. The first-order valence-electron chi connectivity index (χ1n) is 9.23. The molecule has 0 radical (unpaired) electrons. The third-order valence-corrected chi connectivity index (χ3v) is 5.10. The van der Waals surface area contributed by atoms with E-state index in [0.717, 1.165) is 18.4 Å². The van der Waals surface area contributed by atoms with E-state index < -0.39 is 5.97 Å². The van der Waals surface area contributed by atoms with Gasteiger partial charge in [0.05, 0.1) is 0 Å². The fourth-order valence-corrected chi connectivity index (χ4v) is 3.50. The molecule has 0 heterocycles. The predicted octanol–water partition coefficient (Wildman–Crippen LogP) is 3.69. The van der Waals surface area contributed by atoms with Gasteiger partial charge in [0, 0.05) is 20.0 Å². The number of amides is 1. The van der Waals surface area contributed by atoms with Crippen LogP contribution in [0.2, 0.25) is 0 Å². The second-order valence-electron chi connectivity index (χ2n) is 7.23. The molecule has 3 rings (SSSR count). The van der Waals surface area contributed by atoms with Crippen molar-refractivity contribution < 1.29 is 19.4 Å². The minimum Gasteiger partial charge on any atom is -0.482 e. The second kappa shape index (κ2) is 8.71. The highest BCUT2D eigenvalue weighted by atomic mass is 16.5. The van der Waals surface area contributed by atoms with E-state index in [2.05, 4.69) is 24.3 Å².